The molecule has 0 bridgehead atoms. The standard InChI is InChI=1S/C22H12N5S.C11H8N.Ir/c1-2-7-14(8-3-1)27-21(25-20-22(27)23-13-24-26-20)17-11-6-10-16-15-9-4-5-12-18(15)28-19(16)17;1-2-6-10(7-3-1)11-8-4-5-9-12-11;/h1-10,12-13H;1-6,8-9H;/q2*-1;. The maximum absolute atomic E-state index is 4.78. The van der Waals surface area contributed by atoms with E-state index in [0.717, 1.165) is 33.0 Å². The third kappa shape index (κ3) is 5.16. The predicted octanol–water partition coefficient (Wildman–Crippen LogP) is 7.59. The Balaban J connectivity index is 0.000000196. The minimum Gasteiger partial charge on any atom is -0.316 e. The molecule has 0 aliphatic rings. The molecule has 0 atom stereocenters. The molecule has 0 N–H and O–H groups in total. The van der Waals surface area contributed by atoms with Gasteiger partial charge in [-0.25, -0.2) is 4.98 Å². The maximum Gasteiger partial charge on any atom is 0.210 e. The SMILES string of the molecule is [Ir].[c-]1ccc2c(sc3ccccc32)c1-c1nc2nncnc2n1-c1ccccc1.[c-]1ccccc1-c1ccccn1. The van der Waals surface area contributed by atoms with Crippen LogP contribution in [0.4, 0.5) is 0 Å². The molecule has 0 amide bonds. The van der Waals surface area contributed by atoms with Gasteiger partial charge in [-0.3, -0.25) is 4.98 Å². The van der Waals surface area contributed by atoms with Crippen molar-refractivity contribution in [2.75, 3.05) is 0 Å². The molecule has 4 heterocycles. The van der Waals surface area contributed by atoms with E-state index in [1.807, 2.05) is 83.4 Å². The number of para-hydroxylation sites is 1. The number of benzene rings is 4. The largest absolute Gasteiger partial charge is 0.316 e. The molecule has 6 nitrogen and oxygen atoms in total. The van der Waals surface area contributed by atoms with Gasteiger partial charge in [-0.1, -0.05) is 59.5 Å². The monoisotopic (exact) mass is 725 g/mol. The summed E-state index contributed by atoms with van der Waals surface area (Å²) in [6.45, 7) is 0. The Bertz CT molecular complexity index is 2020. The van der Waals surface area contributed by atoms with Gasteiger partial charge in [-0.15, -0.1) is 64.3 Å². The Kier molecular flexibility index (Phi) is 7.69. The summed E-state index contributed by atoms with van der Waals surface area (Å²) in [6, 6.07) is 42.8. The van der Waals surface area contributed by atoms with E-state index < -0.39 is 0 Å². The van der Waals surface area contributed by atoms with E-state index in [4.69, 9.17) is 4.98 Å². The summed E-state index contributed by atoms with van der Waals surface area (Å²) in [5, 5.41) is 10.5. The fourth-order valence-corrected chi connectivity index (χ4v) is 5.86. The van der Waals surface area contributed by atoms with Gasteiger partial charge in [-0.05, 0) is 40.0 Å². The Morgan fingerprint density at radius 3 is 2.37 bits per heavy atom. The van der Waals surface area contributed by atoms with E-state index in [9.17, 15) is 0 Å². The number of rotatable bonds is 3. The molecule has 0 fully saturated rings. The Hall–Kier alpha value is -4.62. The molecule has 8 heteroatoms. The number of hydrogen-bond donors (Lipinski definition) is 0. The minimum absolute atomic E-state index is 0. The Morgan fingerprint density at radius 1 is 0.707 bits per heavy atom. The average molecular weight is 725 g/mol. The van der Waals surface area contributed by atoms with Crippen molar-refractivity contribution in [1.29, 1.82) is 0 Å². The first-order valence-electron chi connectivity index (χ1n) is 12.7. The van der Waals surface area contributed by atoms with Crippen molar-refractivity contribution in [3.8, 4) is 28.3 Å². The van der Waals surface area contributed by atoms with Crippen LogP contribution in [0.3, 0.4) is 0 Å². The van der Waals surface area contributed by atoms with Crippen molar-refractivity contribution in [2.24, 2.45) is 0 Å². The summed E-state index contributed by atoms with van der Waals surface area (Å²) in [7, 11) is 0. The number of fused-ring (bicyclic) bond motifs is 4. The normalized spacial score (nSPS) is 10.7. The molecule has 8 aromatic rings. The topological polar surface area (TPSA) is 69.4 Å². The molecule has 4 aromatic heterocycles. The Labute approximate surface area is 253 Å². The first-order chi connectivity index (χ1) is 19.9. The van der Waals surface area contributed by atoms with Crippen molar-refractivity contribution in [1.82, 2.24) is 29.7 Å². The number of nitrogens with zero attached hydrogens (tertiary/aromatic N) is 6. The van der Waals surface area contributed by atoms with E-state index >= 15 is 0 Å². The molecular weight excluding hydrogens is 705 g/mol. The summed E-state index contributed by atoms with van der Waals surface area (Å²) in [6.07, 6.45) is 3.24. The molecule has 0 saturated carbocycles. The van der Waals surface area contributed by atoms with E-state index in [1.54, 1.807) is 17.5 Å². The Morgan fingerprint density at radius 2 is 1.54 bits per heavy atom. The van der Waals surface area contributed by atoms with Gasteiger partial charge in [0.25, 0.3) is 0 Å². The number of pyridine rings is 1. The summed E-state index contributed by atoms with van der Waals surface area (Å²) < 4.78 is 4.43. The first kappa shape index (κ1) is 26.6. The van der Waals surface area contributed by atoms with E-state index in [0.29, 0.717) is 11.3 Å². The van der Waals surface area contributed by atoms with Crippen LogP contribution in [0.25, 0.3) is 59.8 Å². The summed E-state index contributed by atoms with van der Waals surface area (Å²) in [5.74, 6) is 0.770. The molecular formula is C33H20IrN6S-2. The van der Waals surface area contributed by atoms with Gasteiger partial charge in [0.15, 0.2) is 5.65 Å². The van der Waals surface area contributed by atoms with Crippen LogP contribution in [-0.2, 0) is 20.1 Å². The molecule has 0 aliphatic heterocycles. The molecule has 8 rings (SSSR count). The first-order valence-corrected chi connectivity index (χ1v) is 13.5. The van der Waals surface area contributed by atoms with Gasteiger partial charge in [0.2, 0.25) is 5.65 Å². The van der Waals surface area contributed by atoms with Crippen LogP contribution in [-0.4, -0.2) is 29.7 Å². The molecule has 0 aliphatic carbocycles. The van der Waals surface area contributed by atoms with Crippen molar-refractivity contribution in [2.45, 2.75) is 0 Å². The molecule has 0 spiro atoms. The molecule has 0 unspecified atom stereocenters. The maximum atomic E-state index is 4.78. The van der Waals surface area contributed by atoms with Crippen LogP contribution in [0.1, 0.15) is 0 Å². The van der Waals surface area contributed by atoms with Crippen LogP contribution in [0, 0.1) is 12.1 Å². The second kappa shape index (κ2) is 11.9. The van der Waals surface area contributed by atoms with Gasteiger partial charge in [0.1, 0.15) is 6.33 Å². The van der Waals surface area contributed by atoms with E-state index in [1.165, 1.54) is 21.8 Å². The zero-order chi connectivity index (χ0) is 26.7. The second-order valence-corrected chi connectivity index (χ2v) is 9.95. The van der Waals surface area contributed by atoms with Gasteiger partial charge >= 0.3 is 0 Å². The van der Waals surface area contributed by atoms with Crippen LogP contribution in [0.2, 0.25) is 0 Å². The van der Waals surface area contributed by atoms with Crippen molar-refractivity contribution >= 4 is 42.8 Å². The summed E-state index contributed by atoms with van der Waals surface area (Å²) in [5.41, 5.74) is 5.14. The second-order valence-electron chi connectivity index (χ2n) is 8.90. The van der Waals surface area contributed by atoms with Crippen LogP contribution >= 0.6 is 11.3 Å². The summed E-state index contributed by atoms with van der Waals surface area (Å²) in [4.78, 5) is 13.4. The molecule has 41 heavy (non-hydrogen) atoms. The van der Waals surface area contributed by atoms with Gasteiger partial charge < -0.3 is 9.55 Å². The van der Waals surface area contributed by atoms with Crippen LogP contribution in [0.15, 0.2) is 122 Å². The van der Waals surface area contributed by atoms with Crippen molar-refractivity contribution in [3.63, 3.8) is 0 Å². The van der Waals surface area contributed by atoms with Crippen LogP contribution < -0.4 is 0 Å². The number of aromatic nitrogens is 6. The summed E-state index contributed by atoms with van der Waals surface area (Å²) >= 11 is 1.76. The third-order valence-electron chi connectivity index (χ3n) is 6.45. The smallest absolute Gasteiger partial charge is 0.210 e. The van der Waals surface area contributed by atoms with Crippen molar-refractivity contribution in [3.05, 3.63) is 134 Å². The fraction of sp³-hybridized carbons (Fsp3) is 0. The number of hydrogen-bond acceptors (Lipinski definition) is 6. The third-order valence-corrected chi connectivity index (χ3v) is 7.65. The number of imidazole rings is 1. The van der Waals surface area contributed by atoms with Crippen LogP contribution in [0.5, 0.6) is 0 Å². The molecule has 1 radical (unpaired) electrons. The zero-order valence-corrected chi connectivity index (χ0v) is 24.7. The fourth-order valence-electron chi connectivity index (χ4n) is 4.66. The average Bonchev–Trinajstić information content (AvgIpc) is 3.62. The van der Waals surface area contributed by atoms with E-state index in [-0.39, 0.29) is 20.1 Å². The van der Waals surface area contributed by atoms with Gasteiger partial charge in [-0.2, -0.15) is 11.3 Å². The van der Waals surface area contributed by atoms with Crippen molar-refractivity contribution < 1.29 is 20.1 Å². The molecule has 0 saturated heterocycles. The predicted molar refractivity (Wildman–Crippen MR) is 160 cm³/mol. The minimum atomic E-state index is 0. The quantitative estimate of drug-likeness (QED) is 0.176. The zero-order valence-electron chi connectivity index (χ0n) is 21.5. The molecule has 4 aromatic carbocycles. The van der Waals surface area contributed by atoms with Gasteiger partial charge in [0, 0.05) is 36.7 Å². The number of thiophene rings is 1. The molecule has 199 valence electrons. The van der Waals surface area contributed by atoms with Gasteiger partial charge in [0.05, 0.1) is 5.82 Å². The van der Waals surface area contributed by atoms with E-state index in [2.05, 4.69) is 62.6 Å².